The monoisotopic (exact) mass is 273 g/mol. The van der Waals surface area contributed by atoms with Gasteiger partial charge in [-0.15, -0.1) is 5.10 Å². The zero-order valence-electron chi connectivity index (χ0n) is 12.0. The minimum Gasteiger partial charge on any atom is -0.476 e. The molecule has 106 valence electrons. The van der Waals surface area contributed by atoms with Crippen molar-refractivity contribution in [3.8, 4) is 5.69 Å². The molecule has 0 spiro atoms. The summed E-state index contributed by atoms with van der Waals surface area (Å²) in [6, 6.07) is 7.94. The van der Waals surface area contributed by atoms with E-state index in [1.54, 1.807) is 4.68 Å². The van der Waals surface area contributed by atoms with Crippen molar-refractivity contribution in [1.82, 2.24) is 15.0 Å². The van der Waals surface area contributed by atoms with E-state index in [9.17, 15) is 9.90 Å². The van der Waals surface area contributed by atoms with Crippen LogP contribution in [0.1, 0.15) is 42.5 Å². The molecule has 0 atom stereocenters. The van der Waals surface area contributed by atoms with Gasteiger partial charge < -0.3 is 5.11 Å². The molecule has 0 aliphatic heterocycles. The highest BCUT2D eigenvalue weighted by Gasteiger charge is 2.20. The first-order chi connectivity index (χ1) is 9.52. The molecule has 0 saturated heterocycles. The first kappa shape index (κ1) is 14.2. The number of rotatable bonds is 5. The summed E-state index contributed by atoms with van der Waals surface area (Å²) in [6.07, 6.45) is 1.60. The van der Waals surface area contributed by atoms with Gasteiger partial charge in [0.05, 0.1) is 11.4 Å². The Hall–Kier alpha value is -2.17. The normalized spacial score (nSPS) is 11.0. The summed E-state index contributed by atoms with van der Waals surface area (Å²) in [5.41, 5.74) is 2.77. The van der Waals surface area contributed by atoms with Crippen LogP contribution in [0, 0.1) is 5.92 Å². The summed E-state index contributed by atoms with van der Waals surface area (Å²) in [5.74, 6) is -0.697. The zero-order valence-corrected chi connectivity index (χ0v) is 12.0. The van der Waals surface area contributed by atoms with Gasteiger partial charge in [-0.25, -0.2) is 9.48 Å². The Labute approximate surface area is 118 Å². The minimum atomic E-state index is -1.03. The molecule has 0 aliphatic rings. The van der Waals surface area contributed by atoms with Crippen molar-refractivity contribution in [3.63, 3.8) is 0 Å². The van der Waals surface area contributed by atoms with E-state index in [0.717, 1.165) is 12.1 Å². The van der Waals surface area contributed by atoms with Crippen LogP contribution in [0.2, 0.25) is 0 Å². The molecule has 5 heteroatoms. The Morgan fingerprint density at radius 1 is 1.30 bits per heavy atom. The highest BCUT2D eigenvalue weighted by atomic mass is 16.4. The average Bonchev–Trinajstić information content (AvgIpc) is 2.82. The second-order valence-corrected chi connectivity index (χ2v) is 5.22. The van der Waals surface area contributed by atoms with Gasteiger partial charge in [-0.3, -0.25) is 0 Å². The topological polar surface area (TPSA) is 68.0 Å². The Balaban J connectivity index is 2.46. The molecule has 1 heterocycles. The van der Waals surface area contributed by atoms with E-state index in [-0.39, 0.29) is 5.69 Å². The van der Waals surface area contributed by atoms with Gasteiger partial charge in [0.25, 0.3) is 0 Å². The van der Waals surface area contributed by atoms with Gasteiger partial charge in [0.1, 0.15) is 0 Å². The average molecular weight is 273 g/mol. The number of benzene rings is 1. The number of aromatic carboxylic acids is 1. The number of carbonyl (C=O) groups is 1. The number of aromatic nitrogens is 3. The van der Waals surface area contributed by atoms with E-state index in [1.165, 1.54) is 5.56 Å². The van der Waals surface area contributed by atoms with Crippen molar-refractivity contribution in [1.29, 1.82) is 0 Å². The molecule has 0 aliphatic carbocycles. The van der Waals surface area contributed by atoms with Crippen LogP contribution in [-0.4, -0.2) is 26.1 Å². The van der Waals surface area contributed by atoms with Gasteiger partial charge in [0.15, 0.2) is 5.69 Å². The van der Waals surface area contributed by atoms with E-state index in [4.69, 9.17) is 0 Å². The molecule has 5 nitrogen and oxygen atoms in total. The van der Waals surface area contributed by atoms with Crippen molar-refractivity contribution in [2.75, 3.05) is 0 Å². The van der Waals surface area contributed by atoms with Gasteiger partial charge in [-0.2, -0.15) is 0 Å². The Morgan fingerprint density at radius 3 is 2.45 bits per heavy atom. The van der Waals surface area contributed by atoms with Crippen LogP contribution in [-0.2, 0) is 12.8 Å². The third kappa shape index (κ3) is 2.87. The van der Waals surface area contributed by atoms with Crippen molar-refractivity contribution in [2.45, 2.75) is 33.6 Å². The van der Waals surface area contributed by atoms with Crippen LogP contribution in [0.5, 0.6) is 0 Å². The Morgan fingerprint density at radius 2 is 1.95 bits per heavy atom. The van der Waals surface area contributed by atoms with Gasteiger partial charge in [0, 0.05) is 0 Å². The lowest BCUT2D eigenvalue weighted by Gasteiger charge is -2.09. The lowest BCUT2D eigenvalue weighted by atomic mass is 10.1. The molecule has 0 bridgehead atoms. The Bertz CT molecular complexity index is 600. The summed E-state index contributed by atoms with van der Waals surface area (Å²) < 4.78 is 1.63. The maximum absolute atomic E-state index is 11.2. The maximum Gasteiger partial charge on any atom is 0.358 e. The standard InChI is InChI=1S/C15H19N3O2/c1-4-11-5-7-12(8-6-11)18-13(9-10(2)3)14(15(19)20)16-17-18/h5-8,10H,4,9H2,1-3H3,(H,19,20). The van der Waals surface area contributed by atoms with Gasteiger partial charge in [-0.1, -0.05) is 38.1 Å². The van der Waals surface area contributed by atoms with Crippen LogP contribution in [0.15, 0.2) is 24.3 Å². The predicted octanol–water partition coefficient (Wildman–Crippen LogP) is 2.73. The van der Waals surface area contributed by atoms with Crippen LogP contribution in [0.4, 0.5) is 0 Å². The smallest absolute Gasteiger partial charge is 0.358 e. The fraction of sp³-hybridized carbons (Fsp3) is 0.400. The summed E-state index contributed by atoms with van der Waals surface area (Å²) in [6.45, 7) is 6.18. The van der Waals surface area contributed by atoms with Crippen LogP contribution < -0.4 is 0 Å². The van der Waals surface area contributed by atoms with E-state index >= 15 is 0 Å². The summed E-state index contributed by atoms with van der Waals surface area (Å²) in [7, 11) is 0. The molecule has 0 saturated carbocycles. The van der Waals surface area contributed by atoms with Gasteiger partial charge in [-0.05, 0) is 36.5 Å². The quantitative estimate of drug-likeness (QED) is 0.909. The number of nitrogens with zero attached hydrogens (tertiary/aromatic N) is 3. The number of hydrogen-bond donors (Lipinski definition) is 1. The SMILES string of the molecule is CCc1ccc(-n2nnc(C(=O)O)c2CC(C)C)cc1. The highest BCUT2D eigenvalue weighted by Crippen LogP contribution is 2.17. The van der Waals surface area contributed by atoms with Gasteiger partial charge >= 0.3 is 5.97 Å². The first-order valence-corrected chi connectivity index (χ1v) is 6.80. The fourth-order valence-electron chi connectivity index (χ4n) is 2.12. The van der Waals surface area contributed by atoms with Crippen molar-refractivity contribution in [2.24, 2.45) is 5.92 Å². The van der Waals surface area contributed by atoms with E-state index in [1.807, 2.05) is 38.1 Å². The molecule has 20 heavy (non-hydrogen) atoms. The second-order valence-electron chi connectivity index (χ2n) is 5.22. The molecular weight excluding hydrogens is 254 g/mol. The molecule has 1 aromatic heterocycles. The van der Waals surface area contributed by atoms with Crippen LogP contribution >= 0.6 is 0 Å². The molecule has 0 radical (unpaired) electrons. The van der Waals surface area contributed by atoms with Crippen LogP contribution in [0.25, 0.3) is 5.69 Å². The molecule has 1 N–H and O–H groups in total. The molecule has 0 unspecified atom stereocenters. The third-order valence-electron chi connectivity index (χ3n) is 3.16. The molecule has 1 aromatic carbocycles. The fourth-order valence-corrected chi connectivity index (χ4v) is 2.12. The van der Waals surface area contributed by atoms with Crippen molar-refractivity contribution >= 4 is 5.97 Å². The van der Waals surface area contributed by atoms with Crippen LogP contribution in [0.3, 0.4) is 0 Å². The van der Waals surface area contributed by atoms with Gasteiger partial charge in [0.2, 0.25) is 0 Å². The molecular formula is C15H19N3O2. The lowest BCUT2D eigenvalue weighted by molar-refractivity contribution is 0.0689. The Kier molecular flexibility index (Phi) is 4.17. The van der Waals surface area contributed by atoms with E-state index in [2.05, 4.69) is 17.2 Å². The zero-order chi connectivity index (χ0) is 14.7. The van der Waals surface area contributed by atoms with Crippen molar-refractivity contribution < 1.29 is 9.90 Å². The highest BCUT2D eigenvalue weighted by molar-refractivity contribution is 5.86. The first-order valence-electron chi connectivity index (χ1n) is 6.80. The lowest BCUT2D eigenvalue weighted by Crippen LogP contribution is -2.09. The molecule has 2 aromatic rings. The van der Waals surface area contributed by atoms with Crippen molar-refractivity contribution in [3.05, 3.63) is 41.2 Å². The number of carboxylic acid groups (broad SMARTS) is 1. The molecule has 0 fully saturated rings. The largest absolute Gasteiger partial charge is 0.476 e. The third-order valence-corrected chi connectivity index (χ3v) is 3.16. The van der Waals surface area contributed by atoms with E-state index in [0.29, 0.717) is 18.0 Å². The second kappa shape index (κ2) is 5.86. The molecule has 2 rings (SSSR count). The predicted molar refractivity (Wildman–Crippen MR) is 76.2 cm³/mol. The number of aryl methyl sites for hydroxylation is 1. The summed E-state index contributed by atoms with van der Waals surface area (Å²) in [5, 5.41) is 17.0. The number of carboxylic acids is 1. The maximum atomic E-state index is 11.2. The molecule has 0 amide bonds. The minimum absolute atomic E-state index is 0.0401. The van der Waals surface area contributed by atoms with E-state index < -0.39 is 5.97 Å². The summed E-state index contributed by atoms with van der Waals surface area (Å²) >= 11 is 0. The number of hydrogen-bond acceptors (Lipinski definition) is 3. The summed E-state index contributed by atoms with van der Waals surface area (Å²) in [4.78, 5) is 11.2.